The lowest BCUT2D eigenvalue weighted by molar-refractivity contribution is -0.119. The average molecular weight is 372 g/mol. The fourth-order valence-corrected chi connectivity index (χ4v) is 3.39. The van der Waals surface area contributed by atoms with Crippen molar-refractivity contribution >= 4 is 36.0 Å². The van der Waals surface area contributed by atoms with Gasteiger partial charge in [0.1, 0.15) is 0 Å². The van der Waals surface area contributed by atoms with Crippen LogP contribution in [-0.4, -0.2) is 42.7 Å². The lowest BCUT2D eigenvalue weighted by Crippen LogP contribution is -2.45. The SMILES string of the molecule is CC(C)NC(=O)CSc1ccccc1C(=O)NC1CCCNC1.Cl. The molecule has 0 aromatic heterocycles. The maximum Gasteiger partial charge on any atom is 0.252 e. The summed E-state index contributed by atoms with van der Waals surface area (Å²) in [7, 11) is 0. The van der Waals surface area contributed by atoms with Gasteiger partial charge in [-0.15, -0.1) is 24.2 Å². The van der Waals surface area contributed by atoms with Crippen LogP contribution in [0.4, 0.5) is 0 Å². The second kappa shape index (κ2) is 10.6. The molecule has 1 unspecified atom stereocenters. The van der Waals surface area contributed by atoms with Gasteiger partial charge in [0.25, 0.3) is 5.91 Å². The van der Waals surface area contributed by atoms with Crippen molar-refractivity contribution in [1.29, 1.82) is 0 Å². The highest BCUT2D eigenvalue weighted by Crippen LogP contribution is 2.22. The lowest BCUT2D eigenvalue weighted by atomic mass is 10.1. The molecule has 1 aliphatic rings. The molecule has 5 nitrogen and oxygen atoms in total. The smallest absolute Gasteiger partial charge is 0.252 e. The normalized spacial score (nSPS) is 17.0. The predicted molar refractivity (Wildman–Crippen MR) is 101 cm³/mol. The largest absolute Gasteiger partial charge is 0.353 e. The zero-order valence-electron chi connectivity index (χ0n) is 14.1. The topological polar surface area (TPSA) is 70.2 Å². The molecule has 0 bridgehead atoms. The Labute approximate surface area is 154 Å². The Hall–Kier alpha value is -1.24. The van der Waals surface area contributed by atoms with Crippen molar-refractivity contribution in [3.8, 4) is 0 Å². The van der Waals surface area contributed by atoms with Crippen LogP contribution in [0.5, 0.6) is 0 Å². The van der Waals surface area contributed by atoms with Gasteiger partial charge in [-0.1, -0.05) is 12.1 Å². The Bertz CT molecular complexity index is 548. The fraction of sp³-hybridized carbons (Fsp3) is 0.529. The van der Waals surface area contributed by atoms with E-state index in [2.05, 4.69) is 16.0 Å². The number of carbonyl (C=O) groups is 2. The van der Waals surface area contributed by atoms with Gasteiger partial charge in [0.15, 0.2) is 0 Å². The van der Waals surface area contributed by atoms with Crippen molar-refractivity contribution in [3.05, 3.63) is 29.8 Å². The molecule has 134 valence electrons. The number of halogens is 1. The summed E-state index contributed by atoms with van der Waals surface area (Å²) in [6.45, 7) is 5.70. The molecule has 24 heavy (non-hydrogen) atoms. The summed E-state index contributed by atoms with van der Waals surface area (Å²) in [5.41, 5.74) is 0.639. The van der Waals surface area contributed by atoms with E-state index >= 15 is 0 Å². The number of hydrogen-bond donors (Lipinski definition) is 3. The van der Waals surface area contributed by atoms with E-state index < -0.39 is 0 Å². The van der Waals surface area contributed by atoms with Crippen molar-refractivity contribution in [2.24, 2.45) is 0 Å². The number of rotatable bonds is 6. The monoisotopic (exact) mass is 371 g/mol. The van der Waals surface area contributed by atoms with Gasteiger partial charge in [-0.3, -0.25) is 9.59 Å². The van der Waals surface area contributed by atoms with Gasteiger partial charge in [0, 0.05) is 23.5 Å². The molecular weight excluding hydrogens is 346 g/mol. The highest BCUT2D eigenvalue weighted by molar-refractivity contribution is 8.00. The highest BCUT2D eigenvalue weighted by Gasteiger charge is 2.18. The van der Waals surface area contributed by atoms with Gasteiger partial charge in [-0.2, -0.15) is 0 Å². The van der Waals surface area contributed by atoms with Gasteiger partial charge in [-0.05, 0) is 45.4 Å². The minimum Gasteiger partial charge on any atom is -0.353 e. The third-order valence-electron chi connectivity index (χ3n) is 3.57. The van der Waals surface area contributed by atoms with Crippen LogP contribution < -0.4 is 16.0 Å². The van der Waals surface area contributed by atoms with Gasteiger partial charge in [0.05, 0.1) is 11.3 Å². The average Bonchev–Trinajstić information content (AvgIpc) is 2.53. The predicted octanol–water partition coefficient (Wildman–Crippen LogP) is 2.21. The van der Waals surface area contributed by atoms with Gasteiger partial charge >= 0.3 is 0 Å². The highest BCUT2D eigenvalue weighted by atomic mass is 35.5. The van der Waals surface area contributed by atoms with E-state index in [1.54, 1.807) is 0 Å². The van der Waals surface area contributed by atoms with Gasteiger partial charge in [0.2, 0.25) is 5.91 Å². The standard InChI is InChI=1S/C17H25N3O2S.ClH/c1-12(2)19-16(21)11-23-15-8-4-3-7-14(15)17(22)20-13-6-5-9-18-10-13;/h3-4,7-8,12-13,18H,5-6,9-11H2,1-2H3,(H,19,21)(H,20,22);1H. The van der Waals surface area contributed by atoms with E-state index in [9.17, 15) is 9.59 Å². The first-order chi connectivity index (χ1) is 11.1. The van der Waals surface area contributed by atoms with Crippen LogP contribution in [-0.2, 0) is 4.79 Å². The van der Waals surface area contributed by atoms with Crippen LogP contribution in [0.1, 0.15) is 37.0 Å². The van der Waals surface area contributed by atoms with E-state index in [0.29, 0.717) is 11.3 Å². The number of piperidine rings is 1. The van der Waals surface area contributed by atoms with Gasteiger partial charge < -0.3 is 16.0 Å². The number of amides is 2. The van der Waals surface area contributed by atoms with E-state index in [0.717, 1.165) is 30.8 Å². The minimum atomic E-state index is -0.0638. The van der Waals surface area contributed by atoms with Crippen LogP contribution in [0.15, 0.2) is 29.2 Å². The zero-order chi connectivity index (χ0) is 16.7. The molecule has 1 atom stereocenters. The summed E-state index contributed by atoms with van der Waals surface area (Å²) in [6, 6.07) is 7.75. The summed E-state index contributed by atoms with van der Waals surface area (Å²) in [4.78, 5) is 25.1. The molecule has 1 saturated heterocycles. The molecule has 1 aromatic rings. The van der Waals surface area contributed by atoms with Crippen LogP contribution in [0.3, 0.4) is 0 Å². The Morgan fingerprint density at radius 3 is 2.75 bits per heavy atom. The van der Waals surface area contributed by atoms with Crippen LogP contribution in [0, 0.1) is 0 Å². The molecule has 3 N–H and O–H groups in total. The molecule has 1 aromatic carbocycles. The summed E-state index contributed by atoms with van der Waals surface area (Å²) >= 11 is 1.40. The number of thioether (sulfide) groups is 1. The molecule has 2 amide bonds. The van der Waals surface area contributed by atoms with E-state index in [1.165, 1.54) is 11.8 Å². The Balaban J connectivity index is 0.00000288. The first kappa shape index (κ1) is 20.8. The molecule has 0 radical (unpaired) electrons. The summed E-state index contributed by atoms with van der Waals surface area (Å²) in [5, 5.41) is 9.23. The molecule has 1 fully saturated rings. The molecule has 2 rings (SSSR count). The number of hydrogen-bond acceptors (Lipinski definition) is 4. The number of benzene rings is 1. The molecule has 0 aliphatic carbocycles. The Morgan fingerprint density at radius 1 is 1.33 bits per heavy atom. The van der Waals surface area contributed by atoms with Crippen molar-refractivity contribution in [2.45, 2.75) is 43.7 Å². The number of carbonyl (C=O) groups excluding carboxylic acids is 2. The quantitative estimate of drug-likeness (QED) is 0.670. The third-order valence-corrected chi connectivity index (χ3v) is 4.65. The molecule has 7 heteroatoms. The van der Waals surface area contributed by atoms with Crippen molar-refractivity contribution in [1.82, 2.24) is 16.0 Å². The Morgan fingerprint density at radius 2 is 2.08 bits per heavy atom. The summed E-state index contributed by atoms with van der Waals surface area (Å²) in [6.07, 6.45) is 2.08. The maximum absolute atomic E-state index is 12.5. The summed E-state index contributed by atoms with van der Waals surface area (Å²) < 4.78 is 0. The summed E-state index contributed by atoms with van der Waals surface area (Å²) in [5.74, 6) is 0.232. The first-order valence-electron chi connectivity index (χ1n) is 8.09. The van der Waals surface area contributed by atoms with Crippen molar-refractivity contribution in [3.63, 3.8) is 0 Å². The third kappa shape index (κ3) is 6.71. The molecule has 0 spiro atoms. The number of nitrogens with one attached hydrogen (secondary N) is 3. The molecule has 1 aliphatic heterocycles. The second-order valence-corrected chi connectivity index (χ2v) is 7.04. The molecule has 1 heterocycles. The van der Waals surface area contributed by atoms with Crippen LogP contribution >= 0.6 is 24.2 Å². The van der Waals surface area contributed by atoms with Crippen LogP contribution in [0.25, 0.3) is 0 Å². The Kier molecular flexibility index (Phi) is 9.18. The molecule has 0 saturated carbocycles. The lowest BCUT2D eigenvalue weighted by Gasteiger charge is -2.24. The van der Waals surface area contributed by atoms with E-state index in [-0.39, 0.29) is 36.3 Å². The van der Waals surface area contributed by atoms with Crippen molar-refractivity contribution in [2.75, 3.05) is 18.8 Å². The fourth-order valence-electron chi connectivity index (χ4n) is 2.53. The van der Waals surface area contributed by atoms with E-state index in [4.69, 9.17) is 0 Å². The molecular formula is C17H26ClN3O2S. The second-order valence-electron chi connectivity index (χ2n) is 6.02. The first-order valence-corrected chi connectivity index (χ1v) is 9.07. The zero-order valence-corrected chi connectivity index (χ0v) is 15.8. The van der Waals surface area contributed by atoms with Crippen molar-refractivity contribution < 1.29 is 9.59 Å². The minimum absolute atomic E-state index is 0. The van der Waals surface area contributed by atoms with E-state index in [1.807, 2.05) is 38.1 Å². The maximum atomic E-state index is 12.5. The van der Waals surface area contributed by atoms with Gasteiger partial charge in [-0.25, -0.2) is 0 Å². The van der Waals surface area contributed by atoms with Crippen LogP contribution in [0.2, 0.25) is 0 Å².